The van der Waals surface area contributed by atoms with Crippen LogP contribution in [0, 0.1) is 25.2 Å². The Hall–Kier alpha value is -3.24. The summed E-state index contributed by atoms with van der Waals surface area (Å²) in [5.74, 6) is 0.00614. The van der Waals surface area contributed by atoms with E-state index >= 15 is 0 Å². The molecule has 1 aromatic carbocycles. The molecule has 1 amide bonds. The quantitative estimate of drug-likeness (QED) is 0.743. The molecule has 0 unspecified atom stereocenters. The zero-order valence-electron chi connectivity index (χ0n) is 15.7. The van der Waals surface area contributed by atoms with Crippen LogP contribution in [-0.2, 0) is 4.79 Å². The molecule has 1 aliphatic rings. The molecule has 0 saturated carbocycles. The van der Waals surface area contributed by atoms with Gasteiger partial charge in [-0.1, -0.05) is 23.5 Å². The monoisotopic (exact) mass is 389 g/mol. The van der Waals surface area contributed by atoms with E-state index in [2.05, 4.69) is 16.4 Å². The fourth-order valence-electron chi connectivity index (χ4n) is 3.34. The first-order valence-electron chi connectivity index (χ1n) is 9.02. The van der Waals surface area contributed by atoms with Crippen LogP contribution in [0.15, 0.2) is 36.4 Å². The van der Waals surface area contributed by atoms with E-state index in [9.17, 15) is 10.1 Å². The molecule has 0 aliphatic carbocycles. The molecule has 0 radical (unpaired) electrons. The van der Waals surface area contributed by atoms with Crippen molar-refractivity contribution in [1.29, 1.82) is 5.26 Å². The van der Waals surface area contributed by atoms with Crippen molar-refractivity contribution in [2.75, 3.05) is 24.5 Å². The number of carbonyl (C=O) groups excluding carboxylic acids is 1. The molecule has 1 aliphatic heterocycles. The van der Waals surface area contributed by atoms with Gasteiger partial charge in [-0.2, -0.15) is 5.26 Å². The summed E-state index contributed by atoms with van der Waals surface area (Å²) in [6, 6.07) is 13.8. The molecule has 2 aromatic heterocycles. The Morgan fingerprint density at radius 2 is 1.93 bits per heavy atom. The molecular formula is C21H19N5OS. The Labute approximate surface area is 167 Å². The fourth-order valence-corrected chi connectivity index (χ4v) is 4.44. The van der Waals surface area contributed by atoms with Crippen LogP contribution < -0.4 is 10.2 Å². The Balaban J connectivity index is 1.87. The molecule has 7 heteroatoms. The normalized spacial score (nSPS) is 13.9. The largest absolute Gasteiger partial charge is 0.353 e. The van der Waals surface area contributed by atoms with Gasteiger partial charge >= 0.3 is 0 Å². The Kier molecular flexibility index (Phi) is 4.80. The van der Waals surface area contributed by atoms with Crippen molar-refractivity contribution >= 4 is 22.4 Å². The number of thiazole rings is 1. The second kappa shape index (κ2) is 7.41. The summed E-state index contributed by atoms with van der Waals surface area (Å²) in [5, 5.41) is 12.9. The second-order valence-corrected chi connectivity index (χ2v) is 7.75. The summed E-state index contributed by atoms with van der Waals surface area (Å²) >= 11 is 1.57. The van der Waals surface area contributed by atoms with Gasteiger partial charge in [-0.3, -0.25) is 9.78 Å². The number of benzene rings is 1. The third kappa shape index (κ3) is 3.59. The minimum absolute atomic E-state index is 0.00614. The number of nitrogens with one attached hydrogen (secondary N) is 1. The predicted octanol–water partition coefficient (Wildman–Crippen LogP) is 3.30. The van der Waals surface area contributed by atoms with E-state index in [0.717, 1.165) is 44.8 Å². The van der Waals surface area contributed by atoms with E-state index in [1.807, 2.05) is 49.1 Å². The van der Waals surface area contributed by atoms with Crippen LogP contribution in [0.2, 0.25) is 0 Å². The highest BCUT2D eigenvalue weighted by Crippen LogP contribution is 2.41. The SMILES string of the molecule is Cc1cc(-c2sc(N3CCNC(=O)C3)nc2-c2cccc(C#N)c2)cc(C)n1. The van der Waals surface area contributed by atoms with E-state index in [4.69, 9.17) is 4.98 Å². The fraction of sp³-hybridized carbons (Fsp3) is 0.238. The maximum atomic E-state index is 11.8. The van der Waals surface area contributed by atoms with E-state index in [1.54, 1.807) is 17.4 Å². The summed E-state index contributed by atoms with van der Waals surface area (Å²) in [6.45, 7) is 5.59. The number of aryl methyl sites for hydroxylation is 2. The Bertz CT molecular complexity index is 1080. The van der Waals surface area contributed by atoms with E-state index in [-0.39, 0.29) is 5.91 Å². The highest BCUT2D eigenvalue weighted by molar-refractivity contribution is 7.19. The predicted molar refractivity (Wildman–Crippen MR) is 110 cm³/mol. The summed E-state index contributed by atoms with van der Waals surface area (Å²) in [6.07, 6.45) is 0. The first kappa shape index (κ1) is 18.1. The third-order valence-electron chi connectivity index (χ3n) is 4.53. The number of hydrogen-bond donors (Lipinski definition) is 1. The lowest BCUT2D eigenvalue weighted by molar-refractivity contribution is -0.120. The summed E-state index contributed by atoms with van der Waals surface area (Å²) in [5.41, 5.74) is 5.25. The topological polar surface area (TPSA) is 81.9 Å². The molecule has 1 saturated heterocycles. The highest BCUT2D eigenvalue weighted by Gasteiger charge is 2.23. The molecule has 3 aromatic rings. The third-order valence-corrected chi connectivity index (χ3v) is 5.70. The van der Waals surface area contributed by atoms with Gasteiger partial charge in [0.05, 0.1) is 28.7 Å². The van der Waals surface area contributed by atoms with Gasteiger partial charge in [-0.05, 0) is 43.7 Å². The van der Waals surface area contributed by atoms with Crippen molar-refractivity contribution in [2.24, 2.45) is 0 Å². The van der Waals surface area contributed by atoms with Gasteiger partial charge in [0.2, 0.25) is 5.91 Å². The van der Waals surface area contributed by atoms with Crippen LogP contribution >= 0.6 is 11.3 Å². The van der Waals surface area contributed by atoms with Crippen molar-refractivity contribution < 1.29 is 4.79 Å². The van der Waals surface area contributed by atoms with Crippen LogP contribution in [-0.4, -0.2) is 35.5 Å². The number of piperazine rings is 1. The second-order valence-electron chi connectivity index (χ2n) is 6.78. The molecule has 6 nitrogen and oxygen atoms in total. The number of amides is 1. The van der Waals surface area contributed by atoms with Crippen LogP contribution in [0.4, 0.5) is 5.13 Å². The molecule has 1 fully saturated rings. The van der Waals surface area contributed by atoms with Gasteiger partial charge in [0.25, 0.3) is 0 Å². The number of carbonyl (C=O) groups is 1. The van der Waals surface area contributed by atoms with Crippen molar-refractivity contribution in [1.82, 2.24) is 15.3 Å². The van der Waals surface area contributed by atoms with Crippen LogP contribution in [0.3, 0.4) is 0 Å². The molecule has 4 rings (SSSR count). The molecule has 140 valence electrons. The van der Waals surface area contributed by atoms with Crippen molar-refractivity contribution in [3.8, 4) is 27.8 Å². The van der Waals surface area contributed by atoms with Gasteiger partial charge in [-0.15, -0.1) is 0 Å². The molecule has 0 atom stereocenters. The van der Waals surface area contributed by atoms with E-state index in [1.165, 1.54) is 0 Å². The molecule has 3 heterocycles. The van der Waals surface area contributed by atoms with Crippen molar-refractivity contribution in [3.05, 3.63) is 53.3 Å². The number of anilines is 1. The number of rotatable bonds is 3. The number of hydrogen-bond acceptors (Lipinski definition) is 6. The maximum absolute atomic E-state index is 11.8. The average Bonchev–Trinajstić information content (AvgIpc) is 3.13. The van der Waals surface area contributed by atoms with E-state index in [0.29, 0.717) is 18.7 Å². The lowest BCUT2D eigenvalue weighted by Gasteiger charge is -2.25. The van der Waals surface area contributed by atoms with Crippen molar-refractivity contribution in [3.63, 3.8) is 0 Å². The first-order chi connectivity index (χ1) is 13.5. The standard InChI is InChI=1S/C21H19N5OS/c1-13-8-17(9-14(2)24-13)20-19(16-5-3-4-15(10-16)11-22)25-21(28-20)26-7-6-23-18(27)12-26/h3-5,8-10H,6-7,12H2,1-2H3,(H,23,27). The lowest BCUT2D eigenvalue weighted by Crippen LogP contribution is -2.47. The van der Waals surface area contributed by atoms with Crippen LogP contribution in [0.25, 0.3) is 21.7 Å². The number of aromatic nitrogens is 2. The summed E-state index contributed by atoms with van der Waals surface area (Å²) in [7, 11) is 0. The Morgan fingerprint density at radius 1 is 1.14 bits per heavy atom. The summed E-state index contributed by atoms with van der Waals surface area (Å²) in [4.78, 5) is 24.2. The smallest absolute Gasteiger partial charge is 0.239 e. The van der Waals surface area contributed by atoms with Gasteiger partial charge in [0.15, 0.2) is 5.13 Å². The average molecular weight is 389 g/mol. The molecule has 28 heavy (non-hydrogen) atoms. The number of nitriles is 1. The zero-order chi connectivity index (χ0) is 19.7. The van der Waals surface area contributed by atoms with Gasteiger partial charge in [-0.25, -0.2) is 4.98 Å². The Morgan fingerprint density at radius 3 is 2.64 bits per heavy atom. The van der Waals surface area contributed by atoms with E-state index < -0.39 is 0 Å². The van der Waals surface area contributed by atoms with Crippen LogP contribution in [0.5, 0.6) is 0 Å². The summed E-state index contributed by atoms with van der Waals surface area (Å²) < 4.78 is 0. The molecule has 0 bridgehead atoms. The highest BCUT2D eigenvalue weighted by atomic mass is 32.1. The molecule has 0 spiro atoms. The number of nitrogens with zero attached hydrogens (tertiary/aromatic N) is 4. The number of pyridine rings is 1. The zero-order valence-corrected chi connectivity index (χ0v) is 16.5. The molecular weight excluding hydrogens is 370 g/mol. The van der Waals surface area contributed by atoms with Gasteiger partial charge in [0, 0.05) is 30.0 Å². The molecule has 1 N–H and O–H groups in total. The van der Waals surface area contributed by atoms with Crippen LogP contribution in [0.1, 0.15) is 17.0 Å². The lowest BCUT2D eigenvalue weighted by atomic mass is 10.0. The van der Waals surface area contributed by atoms with Gasteiger partial charge in [0.1, 0.15) is 0 Å². The first-order valence-corrected chi connectivity index (χ1v) is 9.84. The van der Waals surface area contributed by atoms with Crippen molar-refractivity contribution in [2.45, 2.75) is 13.8 Å². The van der Waals surface area contributed by atoms with Gasteiger partial charge < -0.3 is 10.2 Å². The maximum Gasteiger partial charge on any atom is 0.239 e. The minimum atomic E-state index is 0.00614. The minimum Gasteiger partial charge on any atom is -0.353 e.